The highest BCUT2D eigenvalue weighted by Gasteiger charge is 2.38. The van der Waals surface area contributed by atoms with Gasteiger partial charge in [0.2, 0.25) is 0 Å². The van der Waals surface area contributed by atoms with Gasteiger partial charge in [0.15, 0.2) is 0 Å². The average Bonchev–Trinajstić information content (AvgIpc) is 2.74. The van der Waals surface area contributed by atoms with E-state index in [2.05, 4.69) is 68.5 Å². The zero-order valence-electron chi connectivity index (χ0n) is 14.0. The minimum absolute atomic E-state index is 0.0565. The summed E-state index contributed by atoms with van der Waals surface area (Å²) in [4.78, 5) is 6.70. The molecule has 0 spiro atoms. The van der Waals surface area contributed by atoms with Crippen molar-refractivity contribution in [2.45, 2.75) is 0 Å². The van der Waals surface area contributed by atoms with E-state index >= 15 is 0 Å². The number of anilines is 2. The van der Waals surface area contributed by atoms with Crippen LogP contribution in [-0.2, 0) is 0 Å². The maximum Gasteiger partial charge on any atom is 0.351 e. The Kier molecular flexibility index (Phi) is 3.49. The van der Waals surface area contributed by atoms with Gasteiger partial charge in [-0.05, 0) is 29.7 Å². The highest BCUT2D eigenvalue weighted by Crippen LogP contribution is 2.37. The van der Waals surface area contributed by atoms with Crippen molar-refractivity contribution < 1.29 is 0 Å². The van der Waals surface area contributed by atoms with Gasteiger partial charge < -0.3 is 4.81 Å². The van der Waals surface area contributed by atoms with Gasteiger partial charge in [-0.15, -0.1) is 0 Å². The summed E-state index contributed by atoms with van der Waals surface area (Å²) in [5.74, 6) is 0. The van der Waals surface area contributed by atoms with Crippen LogP contribution in [0.4, 0.5) is 11.4 Å². The molecule has 0 unspecified atom stereocenters. The van der Waals surface area contributed by atoms with Crippen molar-refractivity contribution in [3.05, 3.63) is 91.4 Å². The molecule has 0 bridgehead atoms. The fourth-order valence-electron chi connectivity index (χ4n) is 3.66. The molecule has 1 aliphatic rings. The van der Waals surface area contributed by atoms with Gasteiger partial charge in [0, 0.05) is 29.2 Å². The molecular weight excluding hydrogens is 319 g/mol. The van der Waals surface area contributed by atoms with E-state index in [1.54, 1.807) is 6.20 Å². The van der Waals surface area contributed by atoms with E-state index in [1.165, 1.54) is 5.46 Å². The maximum absolute atomic E-state index is 4.54. The summed E-state index contributed by atoms with van der Waals surface area (Å²) < 4.78 is 0. The number of para-hydroxylation sites is 1. The van der Waals surface area contributed by atoms with E-state index in [0.29, 0.717) is 0 Å². The van der Waals surface area contributed by atoms with E-state index < -0.39 is 0 Å². The second-order valence-electron chi connectivity index (χ2n) is 6.24. The number of fused-ring (bicyclic) bond motifs is 3. The zero-order chi connectivity index (χ0) is 17.3. The summed E-state index contributed by atoms with van der Waals surface area (Å²) >= 11 is 0. The van der Waals surface area contributed by atoms with Crippen molar-refractivity contribution in [2.75, 3.05) is 4.81 Å². The number of aromatic nitrogens is 3. The van der Waals surface area contributed by atoms with E-state index in [0.717, 1.165) is 28.1 Å². The third-order valence-electron chi connectivity index (χ3n) is 4.77. The second-order valence-corrected chi connectivity index (χ2v) is 6.24. The van der Waals surface area contributed by atoms with Gasteiger partial charge in [0.25, 0.3) is 0 Å². The summed E-state index contributed by atoms with van der Waals surface area (Å²) in [6.45, 7) is -0.0565. The van der Waals surface area contributed by atoms with E-state index in [9.17, 15) is 0 Å². The van der Waals surface area contributed by atoms with Crippen molar-refractivity contribution in [3.63, 3.8) is 0 Å². The van der Waals surface area contributed by atoms with Crippen LogP contribution in [0.5, 0.6) is 0 Å². The highest BCUT2D eigenvalue weighted by atomic mass is 15.1. The highest BCUT2D eigenvalue weighted by molar-refractivity contribution is 6.90. The first-order chi connectivity index (χ1) is 12.9. The molecule has 0 fully saturated rings. The second kappa shape index (κ2) is 6.12. The summed E-state index contributed by atoms with van der Waals surface area (Å²) in [7, 11) is 0. The molecule has 5 heteroatoms. The molecule has 2 aromatic heterocycles. The van der Waals surface area contributed by atoms with Crippen LogP contribution in [0.1, 0.15) is 0 Å². The summed E-state index contributed by atoms with van der Waals surface area (Å²) in [6, 6.07) is 24.9. The molecular formula is C21H15BN4. The van der Waals surface area contributed by atoms with Crippen LogP contribution in [0.3, 0.4) is 0 Å². The Morgan fingerprint density at radius 2 is 1.46 bits per heavy atom. The molecule has 0 saturated heterocycles. The predicted octanol–water partition coefficient (Wildman–Crippen LogP) is 2.80. The fourth-order valence-corrected chi connectivity index (χ4v) is 3.66. The third kappa shape index (κ3) is 2.29. The molecule has 4 aromatic rings. The Hall–Kier alpha value is -3.47. The van der Waals surface area contributed by atoms with Gasteiger partial charge in [-0.1, -0.05) is 48.5 Å². The molecule has 0 amide bonds. The molecule has 0 atom stereocenters. The average molecular weight is 334 g/mol. The molecule has 122 valence electrons. The Labute approximate surface area is 152 Å². The van der Waals surface area contributed by atoms with Crippen molar-refractivity contribution in [1.82, 2.24) is 15.2 Å². The zero-order valence-corrected chi connectivity index (χ0v) is 14.0. The largest absolute Gasteiger partial charge is 0.374 e. The fraction of sp³-hybridized carbons (Fsp3) is 0. The molecule has 0 radical (unpaired) electrons. The van der Waals surface area contributed by atoms with E-state index in [1.807, 2.05) is 36.7 Å². The molecule has 0 aliphatic carbocycles. The van der Waals surface area contributed by atoms with Crippen LogP contribution in [0.2, 0.25) is 0 Å². The minimum atomic E-state index is -0.0565. The number of pyridine rings is 1. The van der Waals surface area contributed by atoms with Crippen LogP contribution >= 0.6 is 0 Å². The topological polar surface area (TPSA) is 41.9 Å². The molecule has 26 heavy (non-hydrogen) atoms. The van der Waals surface area contributed by atoms with Gasteiger partial charge in [0.05, 0.1) is 17.5 Å². The van der Waals surface area contributed by atoms with Crippen molar-refractivity contribution in [3.8, 4) is 11.1 Å². The van der Waals surface area contributed by atoms with Gasteiger partial charge >= 0.3 is 6.85 Å². The molecule has 1 aliphatic heterocycles. The van der Waals surface area contributed by atoms with Crippen LogP contribution < -0.4 is 15.9 Å². The smallest absolute Gasteiger partial charge is 0.351 e. The standard InChI is InChI=1S/C21H15BN4/c1-3-7-16(8-4-1)22-21-19(12-14-24-25-21)18-11-13-23-15-20(18)26(22)17-9-5-2-6-10-17/h1-15H. The van der Waals surface area contributed by atoms with E-state index in [-0.39, 0.29) is 6.85 Å². The quantitative estimate of drug-likeness (QED) is 0.529. The van der Waals surface area contributed by atoms with E-state index in [4.69, 9.17) is 0 Å². The minimum Gasteiger partial charge on any atom is -0.374 e. The van der Waals surface area contributed by atoms with Crippen LogP contribution in [0.15, 0.2) is 91.4 Å². The summed E-state index contributed by atoms with van der Waals surface area (Å²) in [6.07, 6.45) is 5.51. The lowest BCUT2D eigenvalue weighted by Crippen LogP contribution is -2.58. The molecule has 0 saturated carbocycles. The number of benzene rings is 2. The number of nitrogens with zero attached hydrogens (tertiary/aromatic N) is 4. The van der Waals surface area contributed by atoms with Gasteiger partial charge in [-0.3, -0.25) is 4.98 Å². The van der Waals surface area contributed by atoms with Crippen molar-refractivity contribution >= 4 is 29.3 Å². The lowest BCUT2D eigenvalue weighted by atomic mass is 9.48. The first-order valence-electron chi connectivity index (χ1n) is 8.59. The Morgan fingerprint density at radius 3 is 2.27 bits per heavy atom. The molecule has 4 nitrogen and oxygen atoms in total. The number of hydrogen-bond acceptors (Lipinski definition) is 4. The lowest BCUT2D eigenvalue weighted by Gasteiger charge is -2.37. The summed E-state index contributed by atoms with van der Waals surface area (Å²) in [5.41, 5.74) is 6.55. The normalized spacial score (nSPS) is 12.5. The molecule has 2 aromatic carbocycles. The Bertz CT molecular complexity index is 967. The lowest BCUT2D eigenvalue weighted by molar-refractivity contribution is 1.05. The van der Waals surface area contributed by atoms with Gasteiger partial charge in [-0.25, -0.2) is 0 Å². The van der Waals surface area contributed by atoms with Crippen molar-refractivity contribution in [2.24, 2.45) is 0 Å². The molecule has 5 rings (SSSR count). The van der Waals surface area contributed by atoms with Gasteiger partial charge in [0.1, 0.15) is 0 Å². The monoisotopic (exact) mass is 334 g/mol. The summed E-state index contributed by atoms with van der Waals surface area (Å²) in [5, 5.41) is 8.72. The Morgan fingerprint density at radius 1 is 0.731 bits per heavy atom. The molecule has 0 N–H and O–H groups in total. The Balaban J connectivity index is 1.83. The SMILES string of the molecule is c1ccc(B2c3nnccc3-c3ccncc3N2c2ccccc2)cc1. The van der Waals surface area contributed by atoms with Crippen LogP contribution in [-0.4, -0.2) is 22.0 Å². The predicted molar refractivity (Wildman–Crippen MR) is 105 cm³/mol. The molecule has 3 heterocycles. The third-order valence-corrected chi connectivity index (χ3v) is 4.77. The number of rotatable bonds is 2. The maximum atomic E-state index is 4.54. The first-order valence-corrected chi connectivity index (χ1v) is 8.59. The van der Waals surface area contributed by atoms with Gasteiger partial charge in [-0.2, -0.15) is 10.2 Å². The van der Waals surface area contributed by atoms with Crippen LogP contribution in [0, 0.1) is 0 Å². The van der Waals surface area contributed by atoms with Crippen LogP contribution in [0.25, 0.3) is 11.1 Å². The first kappa shape index (κ1) is 14.8. The number of hydrogen-bond donors (Lipinski definition) is 0. The van der Waals surface area contributed by atoms with Crippen molar-refractivity contribution in [1.29, 1.82) is 0 Å².